The monoisotopic (exact) mass is 330 g/mol. The second-order valence-electron chi connectivity index (χ2n) is 5.71. The second-order valence-corrected chi connectivity index (χ2v) is 6.57. The van der Waals surface area contributed by atoms with E-state index in [0.717, 1.165) is 23.0 Å². The van der Waals surface area contributed by atoms with E-state index in [1.54, 1.807) is 13.3 Å². The lowest BCUT2D eigenvalue weighted by atomic mass is 9.71. The predicted molar refractivity (Wildman–Crippen MR) is 78.0 cm³/mol. The van der Waals surface area contributed by atoms with Crippen LogP contribution in [0.5, 0.6) is 0 Å². The number of nitrogens with zero attached hydrogens (tertiary/aromatic N) is 2. The average molecular weight is 331 g/mol. The molecule has 1 heterocycles. The van der Waals surface area contributed by atoms with Gasteiger partial charge >= 0.3 is 0 Å². The summed E-state index contributed by atoms with van der Waals surface area (Å²) in [6, 6.07) is 0. The lowest BCUT2D eigenvalue weighted by Crippen LogP contribution is -2.30. The Kier molecular flexibility index (Phi) is 5.03. The number of aliphatic hydroxyl groups is 1. The van der Waals surface area contributed by atoms with E-state index in [-0.39, 0.29) is 5.41 Å². The standard InChI is InChI=1S/C14H23BrN2O2/c1-14(6-4-3-5-7-14)13(18)12-11(15)10-16-17(12)8-9-19-2/h10,13,18H,3-9H2,1-2H3. The van der Waals surface area contributed by atoms with Gasteiger partial charge < -0.3 is 9.84 Å². The molecule has 19 heavy (non-hydrogen) atoms. The molecular weight excluding hydrogens is 308 g/mol. The van der Waals surface area contributed by atoms with Crippen molar-refractivity contribution < 1.29 is 9.84 Å². The van der Waals surface area contributed by atoms with Crippen molar-refractivity contribution in [3.63, 3.8) is 0 Å². The fourth-order valence-corrected chi connectivity index (χ4v) is 3.48. The van der Waals surface area contributed by atoms with Gasteiger partial charge in [-0.25, -0.2) is 0 Å². The summed E-state index contributed by atoms with van der Waals surface area (Å²) < 4.78 is 7.85. The lowest BCUT2D eigenvalue weighted by molar-refractivity contribution is 0.000893. The van der Waals surface area contributed by atoms with Gasteiger partial charge in [0.25, 0.3) is 0 Å². The van der Waals surface area contributed by atoms with E-state index in [0.29, 0.717) is 13.2 Å². The molecule has 108 valence electrons. The van der Waals surface area contributed by atoms with Gasteiger partial charge in [-0.3, -0.25) is 4.68 Å². The lowest BCUT2D eigenvalue weighted by Gasteiger charge is -2.38. The third kappa shape index (κ3) is 3.20. The maximum Gasteiger partial charge on any atom is 0.102 e. The van der Waals surface area contributed by atoms with Crippen LogP contribution in [0.2, 0.25) is 0 Å². The summed E-state index contributed by atoms with van der Waals surface area (Å²) in [5, 5.41) is 15.2. The quantitative estimate of drug-likeness (QED) is 0.901. The number of ether oxygens (including phenoxy) is 1. The summed E-state index contributed by atoms with van der Waals surface area (Å²) in [4.78, 5) is 0. The van der Waals surface area contributed by atoms with E-state index in [9.17, 15) is 5.11 Å². The Morgan fingerprint density at radius 3 is 2.79 bits per heavy atom. The van der Waals surface area contributed by atoms with Crippen molar-refractivity contribution in [2.24, 2.45) is 5.41 Å². The average Bonchev–Trinajstić information content (AvgIpc) is 2.77. The predicted octanol–water partition coefficient (Wildman–Crippen LogP) is 3.30. The zero-order valence-corrected chi connectivity index (χ0v) is 13.3. The molecule has 0 saturated heterocycles. The molecule has 4 nitrogen and oxygen atoms in total. The van der Waals surface area contributed by atoms with E-state index in [4.69, 9.17) is 4.74 Å². The minimum atomic E-state index is -0.471. The smallest absolute Gasteiger partial charge is 0.102 e. The minimum absolute atomic E-state index is 0.0361. The first kappa shape index (κ1) is 15.0. The molecule has 1 atom stereocenters. The first-order valence-electron chi connectivity index (χ1n) is 6.97. The van der Waals surface area contributed by atoms with Gasteiger partial charge in [0.05, 0.1) is 29.5 Å². The Bertz CT molecular complexity index is 414. The topological polar surface area (TPSA) is 47.3 Å². The minimum Gasteiger partial charge on any atom is -0.386 e. The van der Waals surface area contributed by atoms with Crippen LogP contribution in [-0.4, -0.2) is 28.6 Å². The first-order valence-corrected chi connectivity index (χ1v) is 7.76. The van der Waals surface area contributed by atoms with Crippen molar-refractivity contribution in [1.29, 1.82) is 0 Å². The van der Waals surface area contributed by atoms with Crippen molar-refractivity contribution in [3.05, 3.63) is 16.4 Å². The molecule has 0 spiro atoms. The maximum absolute atomic E-state index is 10.8. The Balaban J connectivity index is 2.21. The highest BCUT2D eigenvalue weighted by Crippen LogP contribution is 2.46. The van der Waals surface area contributed by atoms with Gasteiger partial charge in [0.15, 0.2) is 0 Å². The highest BCUT2D eigenvalue weighted by molar-refractivity contribution is 9.10. The number of halogens is 1. The zero-order chi connectivity index (χ0) is 13.9. The van der Waals surface area contributed by atoms with Crippen molar-refractivity contribution >= 4 is 15.9 Å². The molecule has 1 aliphatic carbocycles. The van der Waals surface area contributed by atoms with Gasteiger partial charge in [-0.2, -0.15) is 5.10 Å². The van der Waals surface area contributed by atoms with Crippen molar-refractivity contribution in [3.8, 4) is 0 Å². The second kappa shape index (κ2) is 6.37. The number of hydrogen-bond donors (Lipinski definition) is 1. The summed E-state index contributed by atoms with van der Waals surface area (Å²) >= 11 is 3.52. The largest absolute Gasteiger partial charge is 0.386 e. The van der Waals surface area contributed by atoms with Gasteiger partial charge in [-0.15, -0.1) is 0 Å². The van der Waals surface area contributed by atoms with Crippen molar-refractivity contribution in [1.82, 2.24) is 9.78 Å². The third-order valence-corrected chi connectivity index (χ3v) is 4.87. The molecule has 1 unspecified atom stereocenters. The summed E-state index contributed by atoms with van der Waals surface area (Å²) in [7, 11) is 1.68. The zero-order valence-electron chi connectivity index (χ0n) is 11.7. The third-order valence-electron chi connectivity index (χ3n) is 4.26. The molecular formula is C14H23BrN2O2. The summed E-state index contributed by atoms with van der Waals surface area (Å²) in [5.41, 5.74) is 0.854. The summed E-state index contributed by atoms with van der Waals surface area (Å²) in [6.45, 7) is 3.46. The Labute approximate surface area is 123 Å². The van der Waals surface area contributed by atoms with Crippen molar-refractivity contribution in [2.45, 2.75) is 51.7 Å². The van der Waals surface area contributed by atoms with Crippen molar-refractivity contribution in [2.75, 3.05) is 13.7 Å². The van der Waals surface area contributed by atoms with E-state index >= 15 is 0 Å². The summed E-state index contributed by atoms with van der Waals surface area (Å²) in [5.74, 6) is 0. The van der Waals surface area contributed by atoms with E-state index < -0.39 is 6.10 Å². The van der Waals surface area contributed by atoms with Gasteiger partial charge in [0, 0.05) is 7.11 Å². The fraction of sp³-hybridized carbons (Fsp3) is 0.786. The molecule has 1 fully saturated rings. The van der Waals surface area contributed by atoms with Crippen LogP contribution in [0.1, 0.15) is 50.8 Å². The fourth-order valence-electron chi connectivity index (χ4n) is 2.96. The highest BCUT2D eigenvalue weighted by atomic mass is 79.9. The van der Waals surface area contributed by atoms with Gasteiger partial charge in [-0.1, -0.05) is 26.2 Å². The van der Waals surface area contributed by atoms with E-state index in [1.165, 1.54) is 19.3 Å². The molecule has 1 aromatic rings. The molecule has 1 aromatic heterocycles. The molecule has 0 bridgehead atoms. The molecule has 0 radical (unpaired) electrons. The number of methoxy groups -OCH3 is 1. The molecule has 1 aliphatic rings. The normalized spacial score (nSPS) is 20.4. The van der Waals surface area contributed by atoms with Crippen LogP contribution in [-0.2, 0) is 11.3 Å². The molecule has 0 amide bonds. The van der Waals surface area contributed by atoms with Gasteiger partial charge in [-0.05, 0) is 34.2 Å². The maximum atomic E-state index is 10.8. The van der Waals surface area contributed by atoms with E-state index in [1.807, 2.05) is 4.68 Å². The Morgan fingerprint density at radius 2 is 2.16 bits per heavy atom. The number of aliphatic hydroxyl groups excluding tert-OH is 1. The van der Waals surface area contributed by atoms with E-state index in [2.05, 4.69) is 28.0 Å². The molecule has 1 saturated carbocycles. The Hall–Kier alpha value is -0.390. The number of hydrogen-bond acceptors (Lipinski definition) is 3. The van der Waals surface area contributed by atoms with Gasteiger partial charge in [0.2, 0.25) is 0 Å². The Morgan fingerprint density at radius 1 is 1.47 bits per heavy atom. The van der Waals surface area contributed by atoms with Crippen LogP contribution in [0.4, 0.5) is 0 Å². The molecule has 1 N–H and O–H groups in total. The van der Waals surface area contributed by atoms with Crippen LogP contribution < -0.4 is 0 Å². The number of rotatable bonds is 5. The SMILES string of the molecule is COCCn1ncc(Br)c1C(O)C1(C)CCCCC1. The summed E-state index contributed by atoms with van der Waals surface area (Å²) in [6.07, 6.45) is 7.15. The van der Waals surface area contributed by atoms with Crippen LogP contribution in [0.15, 0.2) is 10.7 Å². The number of aromatic nitrogens is 2. The van der Waals surface area contributed by atoms with Crippen LogP contribution in [0.3, 0.4) is 0 Å². The van der Waals surface area contributed by atoms with Crippen LogP contribution >= 0.6 is 15.9 Å². The van der Waals surface area contributed by atoms with Gasteiger partial charge in [0.1, 0.15) is 6.10 Å². The highest BCUT2D eigenvalue weighted by Gasteiger charge is 2.38. The molecule has 2 rings (SSSR count). The molecule has 0 aromatic carbocycles. The molecule has 5 heteroatoms. The van der Waals surface area contributed by atoms with Crippen LogP contribution in [0, 0.1) is 5.41 Å². The molecule has 0 aliphatic heterocycles. The first-order chi connectivity index (χ1) is 9.08. The van der Waals surface area contributed by atoms with Crippen LogP contribution in [0.25, 0.3) is 0 Å².